The second-order valence-electron chi connectivity index (χ2n) is 9.43. The molecule has 0 aromatic rings. The van der Waals surface area contributed by atoms with Gasteiger partial charge in [-0.1, -0.05) is 0 Å². The molecule has 0 amide bonds. The predicted octanol–water partition coefficient (Wildman–Crippen LogP) is 3.53. The Balaban J connectivity index is 4.16. The normalized spacial score (nSPS) is 13.5. The van der Waals surface area contributed by atoms with E-state index in [0.717, 1.165) is 0 Å². The number of hydrogen-bond acceptors (Lipinski definition) is 8. The number of esters is 2. The number of rotatable bonds is 9. The van der Waals surface area contributed by atoms with Gasteiger partial charge in [-0.3, -0.25) is 9.59 Å². The summed E-state index contributed by atoms with van der Waals surface area (Å²) in [5.74, 6) is -0.860. The molecule has 0 rings (SSSR count). The summed E-state index contributed by atoms with van der Waals surface area (Å²) < 4.78 is 10.6. The van der Waals surface area contributed by atoms with Crippen LogP contribution in [0.2, 0.25) is 0 Å². The van der Waals surface area contributed by atoms with Gasteiger partial charge in [0.1, 0.15) is 24.4 Å². The molecule has 26 heavy (non-hydrogen) atoms. The monoisotopic (exact) mass is 378 g/mol. The summed E-state index contributed by atoms with van der Waals surface area (Å²) in [5, 5.41) is 8.89. The van der Waals surface area contributed by atoms with E-state index in [0.29, 0.717) is 0 Å². The average Bonchev–Trinajstić information content (AvgIpc) is 2.38. The van der Waals surface area contributed by atoms with Crippen LogP contribution in [0, 0.1) is 10.8 Å². The molecular formula is C18H34O8. The van der Waals surface area contributed by atoms with Crippen LogP contribution >= 0.6 is 0 Å². The molecule has 0 aliphatic rings. The molecule has 0 spiro atoms. The third kappa shape index (κ3) is 10.7. The molecule has 0 radical (unpaired) electrons. The molecule has 8 heteroatoms. The lowest BCUT2D eigenvalue weighted by Gasteiger charge is -2.28. The van der Waals surface area contributed by atoms with Crippen LogP contribution in [0.3, 0.4) is 0 Å². The van der Waals surface area contributed by atoms with Crippen molar-refractivity contribution in [3.63, 3.8) is 0 Å². The van der Waals surface area contributed by atoms with Crippen LogP contribution in [0.25, 0.3) is 0 Å². The number of hydrogen-bond donors (Lipinski definition) is 0. The fraction of sp³-hybridized carbons (Fsp3) is 0.889. The Kier molecular flexibility index (Phi) is 8.69. The zero-order chi connectivity index (χ0) is 20.8. The van der Waals surface area contributed by atoms with Gasteiger partial charge >= 0.3 is 11.9 Å². The molecule has 0 fully saturated rings. The molecule has 8 nitrogen and oxygen atoms in total. The summed E-state index contributed by atoms with van der Waals surface area (Å²) in [7, 11) is 0. The minimum Gasteiger partial charge on any atom is -0.459 e. The maximum atomic E-state index is 12.0. The molecular weight excluding hydrogens is 344 g/mol. The van der Waals surface area contributed by atoms with E-state index in [2.05, 4.69) is 10.1 Å². The van der Waals surface area contributed by atoms with Crippen molar-refractivity contribution in [2.75, 3.05) is 13.2 Å². The van der Waals surface area contributed by atoms with Crippen LogP contribution < -0.4 is 0 Å². The standard InChI is InChI=1S/C18H34O8/c1-15(2,3)23-13(19)17(7,8)11-21-25-26-22-12-18(9,10)14(20)24-16(4,5)6/h11-12H2,1-10H3. The molecule has 0 aliphatic carbocycles. The number of carbonyl (C=O) groups is 2. The van der Waals surface area contributed by atoms with Crippen LogP contribution in [0.4, 0.5) is 0 Å². The Morgan fingerprint density at radius 2 is 0.846 bits per heavy atom. The van der Waals surface area contributed by atoms with E-state index < -0.39 is 34.0 Å². The lowest BCUT2D eigenvalue weighted by Crippen LogP contribution is -2.37. The van der Waals surface area contributed by atoms with Crippen LogP contribution in [-0.4, -0.2) is 36.4 Å². The van der Waals surface area contributed by atoms with E-state index in [1.165, 1.54) is 0 Å². The van der Waals surface area contributed by atoms with Crippen LogP contribution in [0.15, 0.2) is 0 Å². The summed E-state index contributed by atoms with van der Waals surface area (Å²) in [6, 6.07) is 0. The molecule has 0 unspecified atom stereocenters. The molecule has 0 heterocycles. The van der Waals surface area contributed by atoms with Gasteiger partial charge < -0.3 is 9.47 Å². The molecule has 0 saturated heterocycles. The Morgan fingerprint density at radius 1 is 0.577 bits per heavy atom. The SMILES string of the molecule is CC(C)(C)OC(=O)C(C)(C)COOOOCC(C)(C)C(=O)OC(C)(C)C. The molecule has 0 saturated carbocycles. The summed E-state index contributed by atoms with van der Waals surface area (Å²) in [6.45, 7) is 17.1. The van der Waals surface area contributed by atoms with Crippen molar-refractivity contribution >= 4 is 11.9 Å². The van der Waals surface area contributed by atoms with Crippen molar-refractivity contribution in [2.45, 2.75) is 80.4 Å². The molecule has 0 aromatic heterocycles. The Bertz CT molecular complexity index is 425. The minimum absolute atomic E-state index is 0.110. The first-order valence-corrected chi connectivity index (χ1v) is 8.51. The van der Waals surface area contributed by atoms with Crippen LogP contribution in [-0.2, 0) is 38.9 Å². The van der Waals surface area contributed by atoms with Crippen molar-refractivity contribution < 1.29 is 38.9 Å². The van der Waals surface area contributed by atoms with Crippen molar-refractivity contribution in [1.82, 2.24) is 0 Å². The maximum absolute atomic E-state index is 12.0. The van der Waals surface area contributed by atoms with E-state index in [1.807, 2.05) is 0 Å². The van der Waals surface area contributed by atoms with Crippen LogP contribution in [0.5, 0.6) is 0 Å². The zero-order valence-electron chi connectivity index (χ0n) is 17.7. The Labute approximate surface area is 156 Å². The topological polar surface area (TPSA) is 89.5 Å². The Hall–Kier alpha value is -1.22. The third-order valence-electron chi connectivity index (χ3n) is 2.87. The van der Waals surface area contributed by atoms with E-state index in [-0.39, 0.29) is 13.2 Å². The van der Waals surface area contributed by atoms with Gasteiger partial charge in [0.15, 0.2) is 0 Å². The van der Waals surface area contributed by atoms with Crippen molar-refractivity contribution in [1.29, 1.82) is 0 Å². The van der Waals surface area contributed by atoms with E-state index in [4.69, 9.17) is 19.2 Å². The lowest BCUT2D eigenvalue weighted by atomic mass is 9.95. The first-order chi connectivity index (χ1) is 11.5. The van der Waals surface area contributed by atoms with Gasteiger partial charge in [0, 0.05) is 0 Å². The fourth-order valence-corrected chi connectivity index (χ4v) is 1.33. The zero-order valence-corrected chi connectivity index (χ0v) is 17.7. The van der Waals surface area contributed by atoms with Gasteiger partial charge in [0.25, 0.3) is 0 Å². The predicted molar refractivity (Wildman–Crippen MR) is 93.3 cm³/mol. The lowest BCUT2D eigenvalue weighted by molar-refractivity contribution is -0.637. The van der Waals surface area contributed by atoms with E-state index in [9.17, 15) is 9.59 Å². The average molecular weight is 378 g/mol. The Morgan fingerprint density at radius 3 is 1.08 bits per heavy atom. The first kappa shape index (κ1) is 24.8. The second-order valence-corrected chi connectivity index (χ2v) is 9.43. The minimum atomic E-state index is -0.938. The van der Waals surface area contributed by atoms with E-state index >= 15 is 0 Å². The van der Waals surface area contributed by atoms with Gasteiger partial charge in [-0.15, -0.1) is 0 Å². The van der Waals surface area contributed by atoms with Crippen molar-refractivity contribution in [3.8, 4) is 0 Å². The summed E-state index contributed by atoms with van der Waals surface area (Å²) in [5.41, 5.74) is -3.07. The smallest absolute Gasteiger partial charge is 0.314 e. The number of carbonyl (C=O) groups excluding carboxylic acids is 2. The third-order valence-corrected chi connectivity index (χ3v) is 2.87. The van der Waals surface area contributed by atoms with Crippen molar-refractivity contribution in [3.05, 3.63) is 0 Å². The number of ether oxygens (including phenoxy) is 2. The van der Waals surface area contributed by atoms with E-state index in [1.54, 1.807) is 69.2 Å². The molecule has 0 aromatic carbocycles. The highest BCUT2D eigenvalue weighted by Gasteiger charge is 2.35. The molecule has 0 atom stereocenters. The van der Waals surface area contributed by atoms with Crippen molar-refractivity contribution in [2.24, 2.45) is 10.8 Å². The quantitative estimate of drug-likeness (QED) is 0.260. The largest absolute Gasteiger partial charge is 0.459 e. The highest BCUT2D eigenvalue weighted by molar-refractivity contribution is 5.76. The van der Waals surface area contributed by atoms with Gasteiger partial charge in [0.2, 0.25) is 0 Å². The highest BCUT2D eigenvalue weighted by atomic mass is 17.7. The van der Waals surface area contributed by atoms with Crippen LogP contribution in [0.1, 0.15) is 69.2 Å². The molecule has 0 bridgehead atoms. The molecule has 0 N–H and O–H groups in total. The molecule has 154 valence electrons. The van der Waals surface area contributed by atoms with Gasteiger partial charge in [-0.2, -0.15) is 0 Å². The van der Waals surface area contributed by atoms with Gasteiger partial charge in [0.05, 0.1) is 10.8 Å². The van der Waals surface area contributed by atoms with Gasteiger partial charge in [-0.05, 0) is 79.3 Å². The summed E-state index contributed by atoms with van der Waals surface area (Å²) in [6.07, 6.45) is 0. The maximum Gasteiger partial charge on any atom is 0.314 e. The van der Waals surface area contributed by atoms with Gasteiger partial charge in [-0.25, -0.2) is 9.78 Å². The second kappa shape index (κ2) is 9.12. The molecule has 0 aliphatic heterocycles. The highest BCUT2D eigenvalue weighted by Crippen LogP contribution is 2.23. The summed E-state index contributed by atoms with van der Waals surface area (Å²) in [4.78, 5) is 33.7. The first-order valence-electron chi connectivity index (χ1n) is 8.51. The fourth-order valence-electron chi connectivity index (χ4n) is 1.33. The summed E-state index contributed by atoms with van der Waals surface area (Å²) >= 11 is 0.